The zero-order chi connectivity index (χ0) is 28.1. The van der Waals surface area contributed by atoms with Gasteiger partial charge in [-0.25, -0.2) is 9.97 Å². The summed E-state index contributed by atoms with van der Waals surface area (Å²) in [6.45, 7) is 0. The van der Waals surface area contributed by atoms with Gasteiger partial charge in [0, 0.05) is 28.3 Å². The summed E-state index contributed by atoms with van der Waals surface area (Å²) in [4.78, 5) is 23.1. The molecule has 0 radical (unpaired) electrons. The fraction of sp³-hybridized carbons (Fsp3) is 0.0270. The van der Waals surface area contributed by atoms with Gasteiger partial charge >= 0.3 is 0 Å². The number of hydrogen-bond donors (Lipinski definition) is 0. The van der Waals surface area contributed by atoms with Gasteiger partial charge in [0.25, 0.3) is 0 Å². The molecule has 6 nitrogen and oxygen atoms in total. The Hall–Kier alpha value is -5.88. The van der Waals surface area contributed by atoms with Gasteiger partial charge in [0.1, 0.15) is 0 Å². The van der Waals surface area contributed by atoms with Crippen LogP contribution in [0.2, 0.25) is 0 Å². The Kier molecular flexibility index (Phi) is 4.41. The Morgan fingerprint density at radius 2 is 0.953 bits per heavy atom. The molecule has 0 saturated carbocycles. The van der Waals surface area contributed by atoms with Crippen LogP contribution in [0, 0.1) is 0 Å². The van der Waals surface area contributed by atoms with E-state index < -0.39 is 0 Å². The Labute approximate surface area is 246 Å². The summed E-state index contributed by atoms with van der Waals surface area (Å²) in [6.07, 6.45) is 0.871. The lowest BCUT2D eigenvalue weighted by Gasteiger charge is -2.31. The first-order chi connectivity index (χ1) is 21.3. The van der Waals surface area contributed by atoms with E-state index in [1.54, 1.807) is 0 Å². The van der Waals surface area contributed by atoms with Gasteiger partial charge in [-0.2, -0.15) is 9.97 Å². The van der Waals surface area contributed by atoms with E-state index in [0.717, 1.165) is 56.7 Å². The summed E-state index contributed by atoms with van der Waals surface area (Å²) in [5.74, 6) is 1.21. The molecule has 4 heterocycles. The average Bonchev–Trinajstić information content (AvgIpc) is 3.57. The quantitative estimate of drug-likeness (QED) is 0.216. The second-order valence-electron chi connectivity index (χ2n) is 11.1. The number of para-hydroxylation sites is 4. The van der Waals surface area contributed by atoms with E-state index in [-0.39, 0.29) is 0 Å². The molecule has 3 aromatic heterocycles. The standard InChI is InChI=1S/C37H22N6/c1-7-17-28-22(11-1)21-23-12-2-8-18-29(23)42(28)36-38-33-26-15-3-4-16-27(26)34-32(33)35(40-36)41-37(39-34)43-30-19-9-5-13-24(30)25-14-6-10-20-31(25)43/h1-20H,21H2. The Morgan fingerprint density at radius 1 is 0.465 bits per heavy atom. The van der Waals surface area contributed by atoms with Crippen molar-refractivity contribution >= 4 is 50.2 Å². The Balaban J connectivity index is 1.31. The van der Waals surface area contributed by atoms with Crippen LogP contribution in [0.5, 0.6) is 0 Å². The third-order valence-electron chi connectivity index (χ3n) is 8.80. The van der Waals surface area contributed by atoms with Crippen molar-refractivity contribution in [3.05, 3.63) is 132 Å². The minimum absolute atomic E-state index is 0.603. The van der Waals surface area contributed by atoms with Crippen LogP contribution in [0.3, 0.4) is 0 Å². The fourth-order valence-corrected chi connectivity index (χ4v) is 6.94. The molecule has 1 aliphatic carbocycles. The van der Waals surface area contributed by atoms with Crippen molar-refractivity contribution in [1.29, 1.82) is 0 Å². The van der Waals surface area contributed by atoms with Crippen molar-refractivity contribution in [2.24, 2.45) is 0 Å². The molecule has 0 unspecified atom stereocenters. The first-order valence-corrected chi connectivity index (χ1v) is 14.5. The van der Waals surface area contributed by atoms with Crippen LogP contribution >= 0.6 is 0 Å². The summed E-state index contributed by atoms with van der Waals surface area (Å²) in [5, 5.41) is 3.24. The van der Waals surface area contributed by atoms with E-state index in [0.29, 0.717) is 17.5 Å². The maximum Gasteiger partial charge on any atom is 0.237 e. The van der Waals surface area contributed by atoms with Crippen LogP contribution in [0.25, 0.3) is 61.3 Å². The highest BCUT2D eigenvalue weighted by molar-refractivity contribution is 6.12. The molecule has 43 heavy (non-hydrogen) atoms. The van der Waals surface area contributed by atoms with Gasteiger partial charge in [0.05, 0.1) is 39.2 Å². The first-order valence-electron chi connectivity index (χ1n) is 14.5. The smallest absolute Gasteiger partial charge is 0.237 e. The van der Waals surface area contributed by atoms with E-state index >= 15 is 0 Å². The van der Waals surface area contributed by atoms with Gasteiger partial charge in [0.15, 0.2) is 5.65 Å². The number of rotatable bonds is 2. The maximum atomic E-state index is 5.25. The van der Waals surface area contributed by atoms with Crippen LogP contribution in [0.15, 0.2) is 121 Å². The predicted octanol–water partition coefficient (Wildman–Crippen LogP) is 8.54. The van der Waals surface area contributed by atoms with Crippen molar-refractivity contribution in [3.8, 4) is 28.5 Å². The number of nitrogens with zero attached hydrogens (tertiary/aromatic N) is 6. The molecule has 1 aliphatic heterocycles. The first kappa shape index (κ1) is 22.8. The minimum Gasteiger partial charge on any atom is -0.279 e. The highest BCUT2D eigenvalue weighted by Crippen LogP contribution is 2.48. The lowest BCUT2D eigenvalue weighted by molar-refractivity contribution is 0.992. The van der Waals surface area contributed by atoms with E-state index in [1.165, 1.54) is 21.9 Å². The molecule has 6 heteroatoms. The lowest BCUT2D eigenvalue weighted by atomic mass is 9.96. The third-order valence-corrected chi connectivity index (χ3v) is 8.80. The Morgan fingerprint density at radius 3 is 1.58 bits per heavy atom. The molecule has 8 aromatic rings. The predicted molar refractivity (Wildman–Crippen MR) is 171 cm³/mol. The second kappa shape index (κ2) is 8.33. The molecule has 200 valence electrons. The summed E-state index contributed by atoms with van der Waals surface area (Å²) < 4.78 is 2.16. The van der Waals surface area contributed by atoms with Crippen molar-refractivity contribution in [2.75, 3.05) is 4.90 Å². The normalized spacial score (nSPS) is 13.0. The number of benzene rings is 5. The molecule has 0 saturated heterocycles. The topological polar surface area (TPSA) is 59.7 Å². The molecular weight excluding hydrogens is 528 g/mol. The van der Waals surface area contributed by atoms with Crippen LogP contribution in [0.4, 0.5) is 17.3 Å². The van der Waals surface area contributed by atoms with Gasteiger partial charge in [-0.05, 0) is 35.4 Å². The van der Waals surface area contributed by atoms with Gasteiger partial charge in [0.2, 0.25) is 11.9 Å². The molecule has 10 rings (SSSR count). The summed E-state index contributed by atoms with van der Waals surface area (Å²) in [6, 6.07) is 42.3. The maximum absolute atomic E-state index is 5.25. The van der Waals surface area contributed by atoms with Crippen LogP contribution in [-0.4, -0.2) is 24.5 Å². The second-order valence-corrected chi connectivity index (χ2v) is 11.1. The Bertz CT molecular complexity index is 2360. The molecule has 0 spiro atoms. The van der Waals surface area contributed by atoms with Gasteiger partial charge < -0.3 is 0 Å². The molecular formula is C37H22N6. The van der Waals surface area contributed by atoms with Crippen LogP contribution in [-0.2, 0) is 6.42 Å². The number of anilines is 3. The SMILES string of the molecule is c1ccc2c(c1)Cc1ccccc1N2c1nc2c3c(nc(-n4c5ccccc5c5ccccc54)nc3n1)-c1ccccc1-2. The van der Waals surface area contributed by atoms with Gasteiger partial charge in [-0.1, -0.05) is 97.1 Å². The zero-order valence-electron chi connectivity index (χ0n) is 22.9. The summed E-state index contributed by atoms with van der Waals surface area (Å²) >= 11 is 0. The average molecular weight is 551 g/mol. The number of hydrogen-bond acceptors (Lipinski definition) is 5. The molecule has 2 aliphatic rings. The number of fused-ring (bicyclic) bond motifs is 8. The van der Waals surface area contributed by atoms with Crippen LogP contribution in [0.1, 0.15) is 11.1 Å². The summed E-state index contributed by atoms with van der Waals surface area (Å²) in [7, 11) is 0. The molecule has 0 bridgehead atoms. The van der Waals surface area contributed by atoms with Crippen molar-refractivity contribution in [3.63, 3.8) is 0 Å². The largest absolute Gasteiger partial charge is 0.279 e. The van der Waals surface area contributed by atoms with Crippen molar-refractivity contribution in [1.82, 2.24) is 24.5 Å². The van der Waals surface area contributed by atoms with Crippen LogP contribution < -0.4 is 4.90 Å². The van der Waals surface area contributed by atoms with E-state index in [2.05, 4.69) is 131 Å². The third kappa shape index (κ3) is 3.07. The summed E-state index contributed by atoms with van der Waals surface area (Å²) in [5.41, 5.74) is 11.3. The molecule has 0 N–H and O–H groups in total. The van der Waals surface area contributed by atoms with E-state index in [4.69, 9.17) is 19.9 Å². The minimum atomic E-state index is 0.603. The van der Waals surface area contributed by atoms with Crippen molar-refractivity contribution < 1.29 is 0 Å². The van der Waals surface area contributed by atoms with E-state index in [1.807, 2.05) is 0 Å². The molecule has 5 aromatic carbocycles. The number of aromatic nitrogens is 5. The van der Waals surface area contributed by atoms with Crippen molar-refractivity contribution in [2.45, 2.75) is 6.42 Å². The lowest BCUT2D eigenvalue weighted by Crippen LogP contribution is -2.21. The molecule has 0 atom stereocenters. The fourth-order valence-electron chi connectivity index (χ4n) is 6.94. The highest BCUT2D eigenvalue weighted by atomic mass is 15.3. The molecule has 0 fully saturated rings. The highest BCUT2D eigenvalue weighted by Gasteiger charge is 2.31. The zero-order valence-corrected chi connectivity index (χ0v) is 22.9. The monoisotopic (exact) mass is 550 g/mol. The van der Waals surface area contributed by atoms with E-state index in [9.17, 15) is 0 Å². The van der Waals surface area contributed by atoms with Gasteiger partial charge in [-0.15, -0.1) is 0 Å². The van der Waals surface area contributed by atoms with Gasteiger partial charge in [-0.3, -0.25) is 9.47 Å². The molecule has 0 amide bonds.